The molecule has 0 radical (unpaired) electrons. The number of hydroxylamine groups is 1. The van der Waals surface area contributed by atoms with E-state index in [9.17, 15) is 10.0 Å². The average molecular weight is 298 g/mol. The molecule has 4 heteroatoms. The van der Waals surface area contributed by atoms with Crippen LogP contribution in [0.4, 0.5) is 5.69 Å². The maximum atomic E-state index is 12.4. The number of hydrogen-bond donors (Lipinski definition) is 1. The number of anilines is 1. The van der Waals surface area contributed by atoms with Gasteiger partial charge < -0.3 is 0 Å². The van der Waals surface area contributed by atoms with E-state index < -0.39 is 5.91 Å². The highest BCUT2D eigenvalue weighted by atomic mass is 35.5. The lowest BCUT2D eigenvalue weighted by atomic mass is 10.1. The largest absolute Gasteiger partial charge is 0.282 e. The van der Waals surface area contributed by atoms with Crippen LogP contribution in [-0.4, -0.2) is 11.1 Å². The van der Waals surface area contributed by atoms with Crippen molar-refractivity contribution in [2.45, 2.75) is 0 Å². The van der Waals surface area contributed by atoms with Gasteiger partial charge in [0.05, 0.1) is 10.7 Å². The Kier molecular flexibility index (Phi) is 3.60. The molecule has 3 aromatic carbocycles. The van der Waals surface area contributed by atoms with Gasteiger partial charge in [-0.05, 0) is 35.0 Å². The molecule has 0 heterocycles. The first kappa shape index (κ1) is 13.6. The molecular weight excluding hydrogens is 286 g/mol. The van der Waals surface area contributed by atoms with Crippen LogP contribution in [0, 0.1) is 0 Å². The topological polar surface area (TPSA) is 40.5 Å². The van der Waals surface area contributed by atoms with Crippen LogP contribution < -0.4 is 5.06 Å². The smallest absolute Gasteiger partial charge is 0.281 e. The Bertz CT molecular complexity index is 817. The van der Waals surface area contributed by atoms with Gasteiger partial charge in [-0.25, -0.2) is 0 Å². The highest BCUT2D eigenvalue weighted by Crippen LogP contribution is 2.26. The molecule has 0 aliphatic rings. The van der Waals surface area contributed by atoms with Crippen LogP contribution in [0.3, 0.4) is 0 Å². The number of fused-ring (bicyclic) bond motifs is 1. The normalized spacial score (nSPS) is 10.6. The summed E-state index contributed by atoms with van der Waals surface area (Å²) < 4.78 is 0. The molecule has 1 amide bonds. The summed E-state index contributed by atoms with van der Waals surface area (Å²) in [5, 5.41) is 13.0. The first-order valence-electron chi connectivity index (χ1n) is 6.43. The fourth-order valence-corrected chi connectivity index (χ4v) is 2.39. The van der Waals surface area contributed by atoms with Crippen molar-refractivity contribution in [2.24, 2.45) is 0 Å². The molecule has 0 aliphatic heterocycles. The molecule has 104 valence electrons. The minimum absolute atomic E-state index is 0.261. The number of benzene rings is 3. The van der Waals surface area contributed by atoms with Gasteiger partial charge in [-0.2, -0.15) is 5.06 Å². The number of carbonyl (C=O) groups excluding carboxylic acids is 1. The van der Waals surface area contributed by atoms with Gasteiger partial charge in [0.2, 0.25) is 0 Å². The van der Waals surface area contributed by atoms with Crippen LogP contribution in [0.15, 0.2) is 66.7 Å². The second-order valence-corrected chi connectivity index (χ2v) is 5.04. The van der Waals surface area contributed by atoms with Gasteiger partial charge in [0.15, 0.2) is 0 Å². The molecule has 3 nitrogen and oxygen atoms in total. The van der Waals surface area contributed by atoms with Gasteiger partial charge in [0, 0.05) is 5.56 Å². The summed E-state index contributed by atoms with van der Waals surface area (Å²) >= 11 is 5.99. The summed E-state index contributed by atoms with van der Waals surface area (Å²) in [6, 6.07) is 19.7. The van der Waals surface area contributed by atoms with Crippen LogP contribution in [0.1, 0.15) is 10.4 Å². The highest BCUT2D eigenvalue weighted by molar-refractivity contribution is 6.33. The summed E-state index contributed by atoms with van der Waals surface area (Å²) in [7, 11) is 0. The van der Waals surface area contributed by atoms with E-state index in [4.69, 9.17) is 11.6 Å². The minimum atomic E-state index is -0.520. The summed E-state index contributed by atoms with van der Waals surface area (Å²) in [5.74, 6) is -0.520. The zero-order chi connectivity index (χ0) is 14.8. The van der Waals surface area contributed by atoms with Gasteiger partial charge in [-0.15, -0.1) is 0 Å². The number of nitrogens with zero attached hydrogens (tertiary/aromatic N) is 1. The highest BCUT2D eigenvalue weighted by Gasteiger charge is 2.18. The summed E-state index contributed by atoms with van der Waals surface area (Å²) in [6.07, 6.45) is 0. The van der Waals surface area contributed by atoms with Crippen LogP contribution >= 0.6 is 11.6 Å². The van der Waals surface area contributed by atoms with Crippen LogP contribution in [0.25, 0.3) is 10.8 Å². The van der Waals surface area contributed by atoms with E-state index >= 15 is 0 Å². The molecule has 0 bridgehead atoms. The minimum Gasteiger partial charge on any atom is -0.281 e. The Labute approximate surface area is 127 Å². The Hall–Kier alpha value is -2.36. The maximum absolute atomic E-state index is 12.4. The van der Waals surface area contributed by atoms with Crippen molar-refractivity contribution < 1.29 is 10.0 Å². The van der Waals surface area contributed by atoms with Crippen molar-refractivity contribution in [1.82, 2.24) is 0 Å². The molecule has 0 saturated heterocycles. The molecule has 3 rings (SSSR count). The molecule has 0 atom stereocenters. The molecular formula is C17H12ClNO2. The van der Waals surface area contributed by atoms with E-state index in [1.807, 2.05) is 30.3 Å². The first-order chi connectivity index (χ1) is 10.2. The van der Waals surface area contributed by atoms with Gasteiger partial charge >= 0.3 is 0 Å². The first-order valence-corrected chi connectivity index (χ1v) is 6.81. The number of para-hydroxylation sites is 1. The summed E-state index contributed by atoms with van der Waals surface area (Å²) in [4.78, 5) is 12.4. The van der Waals surface area contributed by atoms with Crippen molar-refractivity contribution in [3.63, 3.8) is 0 Å². The molecule has 0 unspecified atom stereocenters. The fourth-order valence-electron chi connectivity index (χ4n) is 2.18. The predicted octanol–water partition coefficient (Wildman–Crippen LogP) is 4.53. The van der Waals surface area contributed by atoms with E-state index in [1.165, 1.54) is 0 Å². The molecule has 1 N–H and O–H groups in total. The van der Waals surface area contributed by atoms with Gasteiger partial charge in [0.25, 0.3) is 5.91 Å². The van der Waals surface area contributed by atoms with E-state index in [0.29, 0.717) is 15.6 Å². The summed E-state index contributed by atoms with van der Waals surface area (Å²) in [5.41, 5.74) is 0.661. The summed E-state index contributed by atoms with van der Waals surface area (Å²) in [6.45, 7) is 0. The third-order valence-corrected chi connectivity index (χ3v) is 3.59. The molecule has 21 heavy (non-hydrogen) atoms. The number of carbonyl (C=O) groups is 1. The Morgan fingerprint density at radius 3 is 2.33 bits per heavy atom. The molecule has 0 aliphatic carbocycles. The lowest BCUT2D eigenvalue weighted by Gasteiger charge is -2.16. The van der Waals surface area contributed by atoms with E-state index in [1.54, 1.807) is 36.4 Å². The fraction of sp³-hybridized carbons (Fsp3) is 0. The van der Waals surface area contributed by atoms with Gasteiger partial charge in [-0.3, -0.25) is 10.0 Å². The molecule has 0 saturated carbocycles. The third-order valence-electron chi connectivity index (χ3n) is 3.27. The van der Waals surface area contributed by atoms with E-state index in [2.05, 4.69) is 0 Å². The zero-order valence-corrected chi connectivity index (χ0v) is 11.8. The molecule has 0 spiro atoms. The predicted molar refractivity (Wildman–Crippen MR) is 84.0 cm³/mol. The van der Waals surface area contributed by atoms with Gasteiger partial charge in [-0.1, -0.05) is 54.1 Å². The quantitative estimate of drug-likeness (QED) is 0.557. The Balaban J connectivity index is 1.98. The zero-order valence-electron chi connectivity index (χ0n) is 11.0. The molecule has 0 fully saturated rings. The second kappa shape index (κ2) is 5.56. The van der Waals surface area contributed by atoms with Crippen molar-refractivity contribution in [3.8, 4) is 0 Å². The van der Waals surface area contributed by atoms with Crippen LogP contribution in [0.5, 0.6) is 0 Å². The van der Waals surface area contributed by atoms with Crippen molar-refractivity contribution in [1.29, 1.82) is 0 Å². The number of rotatable bonds is 2. The number of halogens is 1. The van der Waals surface area contributed by atoms with Crippen molar-refractivity contribution in [2.75, 3.05) is 5.06 Å². The third kappa shape index (κ3) is 2.61. The molecule has 3 aromatic rings. The number of amides is 1. The second-order valence-electron chi connectivity index (χ2n) is 4.63. The maximum Gasteiger partial charge on any atom is 0.282 e. The van der Waals surface area contributed by atoms with Gasteiger partial charge in [0.1, 0.15) is 0 Å². The monoisotopic (exact) mass is 297 g/mol. The van der Waals surface area contributed by atoms with Crippen LogP contribution in [0.2, 0.25) is 5.02 Å². The number of hydrogen-bond acceptors (Lipinski definition) is 2. The molecule has 0 aromatic heterocycles. The Morgan fingerprint density at radius 1 is 0.905 bits per heavy atom. The van der Waals surface area contributed by atoms with Crippen LogP contribution in [-0.2, 0) is 0 Å². The SMILES string of the molecule is O=C(c1ccc2ccccc2c1)N(O)c1ccccc1Cl. The lowest BCUT2D eigenvalue weighted by Crippen LogP contribution is -2.27. The average Bonchev–Trinajstić information content (AvgIpc) is 2.53. The lowest BCUT2D eigenvalue weighted by molar-refractivity contribution is 0.0855. The van der Waals surface area contributed by atoms with Crippen molar-refractivity contribution in [3.05, 3.63) is 77.3 Å². The van der Waals surface area contributed by atoms with Crippen molar-refractivity contribution >= 4 is 34.0 Å². The Morgan fingerprint density at radius 2 is 1.57 bits per heavy atom. The van der Waals surface area contributed by atoms with E-state index in [-0.39, 0.29) is 5.69 Å². The van der Waals surface area contributed by atoms with E-state index in [0.717, 1.165) is 10.8 Å². The standard InChI is InChI=1S/C17H12ClNO2/c18-15-7-3-4-8-16(15)19(21)17(20)14-10-9-12-5-1-2-6-13(12)11-14/h1-11,21H.